The van der Waals surface area contributed by atoms with Crippen LogP contribution < -0.4 is 19.7 Å². The molecule has 0 unspecified atom stereocenters. The average molecular weight is 530 g/mol. The number of carbonyl (C=O) groups excluding carboxylic acids is 1. The molecule has 10 nitrogen and oxygen atoms in total. The predicted octanol–water partition coefficient (Wildman–Crippen LogP) is 5.47. The number of aromatic amines is 1. The van der Waals surface area contributed by atoms with Crippen LogP contribution in [-0.2, 0) is 24.2 Å². The standard InChI is InChI=1S/C29H27N3O7/c33-29(31-34)12-9-20-7-5-19(6-8-20)3-1-2-4-21-16-30-25-11-10-23(14-24(21)25)37-17-22-13-27-28(39-18-38-27)15-26(22)32(35)36/h5-16,30,34H,1-4,17-18H2,(H,31,33)/b12-9+. The van der Waals surface area contributed by atoms with Crippen molar-refractivity contribution >= 4 is 28.6 Å². The van der Waals surface area contributed by atoms with Crippen molar-refractivity contribution in [1.29, 1.82) is 0 Å². The maximum Gasteiger partial charge on any atom is 0.280 e. The number of fused-ring (bicyclic) bond motifs is 2. The van der Waals surface area contributed by atoms with Gasteiger partial charge in [0.2, 0.25) is 6.79 Å². The van der Waals surface area contributed by atoms with Crippen molar-refractivity contribution in [3.63, 3.8) is 0 Å². The largest absolute Gasteiger partial charge is 0.489 e. The third kappa shape index (κ3) is 6.19. The second-order valence-electron chi connectivity index (χ2n) is 9.16. The van der Waals surface area contributed by atoms with Gasteiger partial charge in [-0.3, -0.25) is 20.1 Å². The zero-order valence-electron chi connectivity index (χ0n) is 21.0. The number of hydrogen-bond donors (Lipinski definition) is 3. The second-order valence-corrected chi connectivity index (χ2v) is 9.16. The van der Waals surface area contributed by atoms with Crippen LogP contribution in [0.5, 0.6) is 17.2 Å². The fraction of sp³-hybridized carbons (Fsp3) is 0.207. The van der Waals surface area contributed by atoms with E-state index in [1.807, 2.05) is 48.7 Å². The van der Waals surface area contributed by atoms with E-state index >= 15 is 0 Å². The van der Waals surface area contributed by atoms with E-state index in [9.17, 15) is 14.9 Å². The van der Waals surface area contributed by atoms with Crippen LogP contribution in [0.3, 0.4) is 0 Å². The Morgan fingerprint density at radius 3 is 2.59 bits per heavy atom. The van der Waals surface area contributed by atoms with Crippen LogP contribution >= 0.6 is 0 Å². The van der Waals surface area contributed by atoms with Crippen LogP contribution in [0.1, 0.15) is 35.1 Å². The molecule has 0 aliphatic carbocycles. The van der Waals surface area contributed by atoms with Crippen LogP contribution in [0, 0.1) is 10.1 Å². The molecule has 0 radical (unpaired) electrons. The van der Waals surface area contributed by atoms with Crippen LogP contribution in [0.25, 0.3) is 17.0 Å². The number of nitrogens with one attached hydrogen (secondary N) is 2. The first kappa shape index (κ1) is 25.8. The predicted molar refractivity (Wildman–Crippen MR) is 144 cm³/mol. The normalized spacial score (nSPS) is 12.2. The fourth-order valence-electron chi connectivity index (χ4n) is 4.52. The maximum absolute atomic E-state index is 11.5. The quantitative estimate of drug-likeness (QED) is 0.0771. The van der Waals surface area contributed by atoms with Crippen molar-refractivity contribution in [2.75, 3.05) is 6.79 Å². The molecule has 0 atom stereocenters. The van der Waals surface area contributed by atoms with Crippen molar-refractivity contribution in [1.82, 2.24) is 10.5 Å². The van der Waals surface area contributed by atoms with Crippen molar-refractivity contribution in [3.8, 4) is 17.2 Å². The number of rotatable bonds is 11. The van der Waals surface area contributed by atoms with Crippen molar-refractivity contribution in [3.05, 3.63) is 99.2 Å². The van der Waals surface area contributed by atoms with E-state index in [0.717, 1.165) is 42.1 Å². The Labute approximate surface area is 223 Å². The van der Waals surface area contributed by atoms with Crippen LogP contribution in [0.2, 0.25) is 0 Å². The molecule has 1 aliphatic heterocycles. The summed E-state index contributed by atoms with van der Waals surface area (Å²) in [4.78, 5) is 25.5. The molecule has 200 valence electrons. The van der Waals surface area contributed by atoms with E-state index < -0.39 is 10.8 Å². The highest BCUT2D eigenvalue weighted by Crippen LogP contribution is 2.38. The lowest BCUT2D eigenvalue weighted by molar-refractivity contribution is -0.385. The number of nitro groups is 1. The van der Waals surface area contributed by atoms with Gasteiger partial charge < -0.3 is 19.2 Å². The van der Waals surface area contributed by atoms with E-state index in [-0.39, 0.29) is 19.1 Å². The first-order chi connectivity index (χ1) is 19.0. The molecule has 1 aliphatic rings. The van der Waals surface area contributed by atoms with E-state index in [2.05, 4.69) is 4.98 Å². The fourth-order valence-corrected chi connectivity index (χ4v) is 4.52. The minimum Gasteiger partial charge on any atom is -0.489 e. The van der Waals surface area contributed by atoms with Gasteiger partial charge in [-0.2, -0.15) is 0 Å². The Balaban J connectivity index is 1.17. The SMILES string of the molecule is O=C(/C=C/c1ccc(CCCCc2c[nH]c3ccc(OCc4cc5c(cc4[N+](=O)[O-])OCO5)cc23)cc1)NO. The average Bonchev–Trinajstić information content (AvgIpc) is 3.59. The van der Waals surface area contributed by atoms with Gasteiger partial charge in [0.25, 0.3) is 11.6 Å². The maximum atomic E-state index is 11.5. The number of amides is 1. The summed E-state index contributed by atoms with van der Waals surface area (Å²) in [5.74, 6) is 0.898. The molecule has 0 saturated carbocycles. The summed E-state index contributed by atoms with van der Waals surface area (Å²) < 4.78 is 16.6. The third-order valence-electron chi connectivity index (χ3n) is 6.58. The monoisotopic (exact) mass is 529 g/mol. The Bertz CT molecular complexity index is 1530. The molecular formula is C29H27N3O7. The number of H-pyrrole nitrogens is 1. The van der Waals surface area contributed by atoms with E-state index in [4.69, 9.17) is 19.4 Å². The van der Waals surface area contributed by atoms with E-state index in [1.54, 1.807) is 17.6 Å². The summed E-state index contributed by atoms with van der Waals surface area (Å²) in [7, 11) is 0. The van der Waals surface area contributed by atoms with Gasteiger partial charge in [0, 0.05) is 23.2 Å². The topological polar surface area (TPSA) is 136 Å². The number of carbonyl (C=O) groups is 1. The van der Waals surface area contributed by atoms with E-state index in [1.165, 1.54) is 23.3 Å². The second kappa shape index (κ2) is 11.7. The van der Waals surface area contributed by atoms with Gasteiger partial charge >= 0.3 is 0 Å². The zero-order chi connectivity index (χ0) is 27.2. The summed E-state index contributed by atoms with van der Waals surface area (Å²) in [6, 6.07) is 16.7. The number of ether oxygens (including phenoxy) is 3. The highest BCUT2D eigenvalue weighted by Gasteiger charge is 2.23. The molecule has 1 aromatic heterocycles. The third-order valence-corrected chi connectivity index (χ3v) is 6.58. The molecule has 2 heterocycles. The Morgan fingerprint density at radius 1 is 1.05 bits per heavy atom. The molecule has 0 spiro atoms. The number of benzene rings is 3. The van der Waals surface area contributed by atoms with Gasteiger partial charge in [0.15, 0.2) is 11.5 Å². The van der Waals surface area contributed by atoms with Gasteiger partial charge in [0.05, 0.1) is 16.6 Å². The summed E-state index contributed by atoms with van der Waals surface area (Å²) in [6.45, 7) is 0.0719. The Kier molecular flexibility index (Phi) is 7.74. The number of hydrogen-bond acceptors (Lipinski definition) is 7. The molecule has 0 bridgehead atoms. The van der Waals surface area contributed by atoms with E-state index in [0.29, 0.717) is 22.8 Å². The molecule has 4 aromatic rings. The van der Waals surface area contributed by atoms with Crippen molar-refractivity contribution in [2.24, 2.45) is 0 Å². The molecule has 3 aromatic carbocycles. The molecule has 0 saturated heterocycles. The van der Waals surface area contributed by atoms with Gasteiger partial charge in [-0.15, -0.1) is 0 Å². The molecule has 1 amide bonds. The first-order valence-corrected chi connectivity index (χ1v) is 12.5. The summed E-state index contributed by atoms with van der Waals surface area (Å²) in [6.07, 6.45) is 8.77. The lowest BCUT2D eigenvalue weighted by Gasteiger charge is -2.09. The zero-order valence-corrected chi connectivity index (χ0v) is 21.0. The minimum absolute atomic E-state index is 0.0292. The number of nitrogens with zero attached hydrogens (tertiary/aromatic N) is 1. The molecule has 3 N–H and O–H groups in total. The van der Waals surface area contributed by atoms with Crippen LogP contribution in [-0.4, -0.2) is 27.8 Å². The summed E-state index contributed by atoms with van der Waals surface area (Å²) >= 11 is 0. The number of aryl methyl sites for hydroxylation is 2. The van der Waals surface area contributed by atoms with Crippen LogP contribution in [0.4, 0.5) is 5.69 Å². The highest BCUT2D eigenvalue weighted by atomic mass is 16.7. The number of unbranched alkanes of at least 4 members (excludes halogenated alkanes) is 1. The molecule has 0 fully saturated rings. The number of hydroxylamine groups is 1. The summed E-state index contributed by atoms with van der Waals surface area (Å²) in [5, 5.41) is 21.1. The summed E-state index contributed by atoms with van der Waals surface area (Å²) in [5.41, 5.74) is 6.20. The van der Waals surface area contributed by atoms with Gasteiger partial charge in [0.1, 0.15) is 12.4 Å². The Hall–Kier alpha value is -4.83. The van der Waals surface area contributed by atoms with Crippen LogP contribution in [0.15, 0.2) is 66.9 Å². The van der Waals surface area contributed by atoms with Gasteiger partial charge in [-0.05, 0) is 72.7 Å². The Morgan fingerprint density at radius 2 is 1.82 bits per heavy atom. The molecule has 5 rings (SSSR count). The smallest absolute Gasteiger partial charge is 0.280 e. The first-order valence-electron chi connectivity index (χ1n) is 12.5. The molecular weight excluding hydrogens is 502 g/mol. The number of nitro benzene ring substituents is 1. The highest BCUT2D eigenvalue weighted by molar-refractivity contribution is 5.90. The minimum atomic E-state index is -0.566. The molecule has 10 heteroatoms. The van der Waals surface area contributed by atoms with Gasteiger partial charge in [-0.1, -0.05) is 24.3 Å². The number of aromatic nitrogens is 1. The molecule has 39 heavy (non-hydrogen) atoms. The van der Waals surface area contributed by atoms with Crippen molar-refractivity contribution in [2.45, 2.75) is 32.3 Å². The van der Waals surface area contributed by atoms with Crippen molar-refractivity contribution < 1.29 is 29.1 Å². The van der Waals surface area contributed by atoms with Gasteiger partial charge in [-0.25, -0.2) is 5.48 Å². The lowest BCUT2D eigenvalue weighted by atomic mass is 10.0. The lowest BCUT2D eigenvalue weighted by Crippen LogP contribution is -2.14.